The molecule has 1 saturated heterocycles. The van der Waals surface area contributed by atoms with Gasteiger partial charge in [0.05, 0.1) is 12.5 Å². The van der Waals surface area contributed by atoms with Crippen molar-refractivity contribution in [1.29, 1.82) is 0 Å². The van der Waals surface area contributed by atoms with Crippen molar-refractivity contribution in [2.24, 2.45) is 11.7 Å². The van der Waals surface area contributed by atoms with Gasteiger partial charge in [0, 0.05) is 10.9 Å². The number of hydrogen-bond donors (Lipinski definition) is 4. The summed E-state index contributed by atoms with van der Waals surface area (Å²) in [4.78, 5) is 24.3. The van der Waals surface area contributed by atoms with Crippen molar-refractivity contribution < 1.29 is 9.59 Å². The Morgan fingerprint density at radius 3 is 3.00 bits per heavy atom. The van der Waals surface area contributed by atoms with E-state index in [-0.39, 0.29) is 24.4 Å². The highest BCUT2D eigenvalue weighted by molar-refractivity contribution is 7.10. The molecule has 3 unspecified atom stereocenters. The van der Waals surface area contributed by atoms with Crippen molar-refractivity contribution in [1.82, 2.24) is 16.0 Å². The van der Waals surface area contributed by atoms with Gasteiger partial charge in [-0.25, -0.2) is 4.79 Å². The molecule has 116 valence electrons. The Morgan fingerprint density at radius 2 is 2.38 bits per heavy atom. The minimum Gasteiger partial charge on any atom is -0.353 e. The van der Waals surface area contributed by atoms with Gasteiger partial charge in [-0.15, -0.1) is 11.3 Å². The summed E-state index contributed by atoms with van der Waals surface area (Å²) in [7, 11) is 0. The van der Waals surface area contributed by atoms with E-state index in [2.05, 4.69) is 22.9 Å². The summed E-state index contributed by atoms with van der Waals surface area (Å²) in [5.41, 5.74) is 5.20. The molecule has 1 fully saturated rings. The third-order valence-corrected chi connectivity index (χ3v) is 4.71. The Morgan fingerprint density at radius 1 is 1.57 bits per heavy atom. The fourth-order valence-electron chi connectivity index (χ4n) is 2.56. The standard InChI is InChI=1S/C14H22N4O2S/c1-9-8-16-5-4-10(9)17-13(19)7-11(18-14(15)20)12-3-2-6-21-12/h2-3,6,9-11,16H,4-5,7-8H2,1H3,(H,17,19)(H3,15,18,20). The van der Waals surface area contributed by atoms with Crippen LogP contribution in [0.5, 0.6) is 0 Å². The van der Waals surface area contributed by atoms with Crippen molar-refractivity contribution in [2.45, 2.75) is 31.8 Å². The number of thiophene rings is 1. The largest absolute Gasteiger partial charge is 0.353 e. The van der Waals surface area contributed by atoms with Crippen LogP contribution < -0.4 is 21.7 Å². The van der Waals surface area contributed by atoms with E-state index in [1.807, 2.05) is 17.5 Å². The van der Waals surface area contributed by atoms with Crippen LogP contribution in [0.25, 0.3) is 0 Å². The number of nitrogens with one attached hydrogen (secondary N) is 3. The molecule has 1 aromatic heterocycles. The second kappa shape index (κ2) is 7.42. The van der Waals surface area contributed by atoms with E-state index in [1.54, 1.807) is 0 Å². The predicted octanol–water partition coefficient (Wildman–Crippen LogP) is 0.962. The van der Waals surface area contributed by atoms with Crippen molar-refractivity contribution in [3.63, 3.8) is 0 Å². The zero-order chi connectivity index (χ0) is 15.2. The van der Waals surface area contributed by atoms with Gasteiger partial charge >= 0.3 is 6.03 Å². The molecule has 6 nitrogen and oxygen atoms in total. The molecule has 0 spiro atoms. The van der Waals surface area contributed by atoms with Gasteiger partial charge in [0.25, 0.3) is 0 Å². The van der Waals surface area contributed by atoms with Gasteiger partial charge < -0.3 is 21.7 Å². The van der Waals surface area contributed by atoms with Crippen LogP contribution in [0.3, 0.4) is 0 Å². The highest BCUT2D eigenvalue weighted by Crippen LogP contribution is 2.22. The Kier molecular flexibility index (Phi) is 5.58. The summed E-state index contributed by atoms with van der Waals surface area (Å²) in [5, 5.41) is 10.9. The molecule has 0 aromatic carbocycles. The molecule has 1 aromatic rings. The van der Waals surface area contributed by atoms with Gasteiger partial charge in [-0.1, -0.05) is 13.0 Å². The van der Waals surface area contributed by atoms with Gasteiger partial charge in [-0.05, 0) is 36.9 Å². The van der Waals surface area contributed by atoms with E-state index in [4.69, 9.17) is 5.73 Å². The Bertz CT molecular complexity index is 477. The lowest BCUT2D eigenvalue weighted by Crippen LogP contribution is -2.49. The van der Waals surface area contributed by atoms with E-state index in [1.165, 1.54) is 11.3 Å². The van der Waals surface area contributed by atoms with Crippen LogP contribution in [-0.4, -0.2) is 31.1 Å². The zero-order valence-corrected chi connectivity index (χ0v) is 12.9. The first-order chi connectivity index (χ1) is 10.1. The van der Waals surface area contributed by atoms with Gasteiger partial charge in [0.2, 0.25) is 5.91 Å². The van der Waals surface area contributed by atoms with Crippen molar-refractivity contribution in [3.8, 4) is 0 Å². The number of amides is 3. The lowest BCUT2D eigenvalue weighted by molar-refractivity contribution is -0.122. The van der Waals surface area contributed by atoms with Crippen LogP contribution in [0.2, 0.25) is 0 Å². The number of carbonyl (C=O) groups is 2. The van der Waals surface area contributed by atoms with Crippen LogP contribution in [0.4, 0.5) is 4.79 Å². The van der Waals surface area contributed by atoms with Crippen LogP contribution in [-0.2, 0) is 4.79 Å². The molecular weight excluding hydrogens is 288 g/mol. The second-order valence-electron chi connectivity index (χ2n) is 5.42. The van der Waals surface area contributed by atoms with E-state index < -0.39 is 6.03 Å². The van der Waals surface area contributed by atoms with E-state index >= 15 is 0 Å². The maximum atomic E-state index is 12.2. The first-order valence-electron chi connectivity index (χ1n) is 7.15. The summed E-state index contributed by atoms with van der Waals surface area (Å²) in [6.45, 7) is 3.96. The molecule has 1 aliphatic rings. The topological polar surface area (TPSA) is 96.2 Å². The fraction of sp³-hybridized carbons (Fsp3) is 0.571. The molecule has 3 amide bonds. The minimum atomic E-state index is -0.614. The highest BCUT2D eigenvalue weighted by atomic mass is 32.1. The zero-order valence-electron chi connectivity index (χ0n) is 12.1. The first kappa shape index (κ1) is 15.8. The van der Waals surface area contributed by atoms with Crippen molar-refractivity contribution in [2.75, 3.05) is 13.1 Å². The van der Waals surface area contributed by atoms with Crippen molar-refractivity contribution in [3.05, 3.63) is 22.4 Å². The third-order valence-electron chi connectivity index (χ3n) is 3.72. The molecule has 3 atom stereocenters. The molecule has 0 aliphatic carbocycles. The monoisotopic (exact) mass is 310 g/mol. The molecule has 0 radical (unpaired) electrons. The Labute approximate surface area is 128 Å². The maximum Gasteiger partial charge on any atom is 0.312 e. The molecule has 0 bridgehead atoms. The number of urea groups is 1. The predicted molar refractivity (Wildman–Crippen MR) is 83.0 cm³/mol. The summed E-state index contributed by atoms with van der Waals surface area (Å²) in [6, 6.07) is 3.00. The van der Waals surface area contributed by atoms with Gasteiger partial charge in [-0.3, -0.25) is 4.79 Å². The summed E-state index contributed by atoms with van der Waals surface area (Å²) < 4.78 is 0. The van der Waals surface area contributed by atoms with Crippen LogP contribution in [0, 0.1) is 5.92 Å². The lowest BCUT2D eigenvalue weighted by atomic mass is 9.95. The number of nitrogens with two attached hydrogens (primary N) is 1. The molecule has 2 heterocycles. The molecule has 1 aliphatic heterocycles. The number of carbonyl (C=O) groups excluding carboxylic acids is 2. The minimum absolute atomic E-state index is 0.0547. The average molecular weight is 310 g/mol. The van der Waals surface area contributed by atoms with Gasteiger partial charge in [0.15, 0.2) is 0 Å². The highest BCUT2D eigenvalue weighted by Gasteiger charge is 2.25. The SMILES string of the molecule is CC1CNCCC1NC(=O)CC(NC(N)=O)c1cccs1. The first-order valence-corrected chi connectivity index (χ1v) is 8.03. The smallest absolute Gasteiger partial charge is 0.312 e. The summed E-state index contributed by atoms with van der Waals surface area (Å²) in [6.07, 6.45) is 1.14. The third kappa shape index (κ3) is 4.71. The lowest BCUT2D eigenvalue weighted by Gasteiger charge is -2.30. The average Bonchev–Trinajstić information content (AvgIpc) is 2.94. The quantitative estimate of drug-likeness (QED) is 0.652. The Balaban J connectivity index is 1.93. The van der Waals surface area contributed by atoms with Crippen LogP contribution >= 0.6 is 11.3 Å². The Hall–Kier alpha value is -1.60. The second-order valence-corrected chi connectivity index (χ2v) is 6.40. The summed E-state index contributed by atoms with van der Waals surface area (Å²) in [5.74, 6) is 0.355. The molecule has 5 N–H and O–H groups in total. The van der Waals surface area contributed by atoms with E-state index in [0.717, 1.165) is 24.4 Å². The molecule has 2 rings (SSSR count). The molecule has 7 heteroatoms. The van der Waals surface area contributed by atoms with Gasteiger partial charge in [0.1, 0.15) is 0 Å². The van der Waals surface area contributed by atoms with Gasteiger partial charge in [-0.2, -0.15) is 0 Å². The number of hydrogen-bond acceptors (Lipinski definition) is 4. The molecule has 0 saturated carbocycles. The fourth-order valence-corrected chi connectivity index (χ4v) is 3.34. The molecular formula is C14H22N4O2S. The maximum absolute atomic E-state index is 12.2. The van der Waals surface area contributed by atoms with Crippen LogP contribution in [0.15, 0.2) is 17.5 Å². The normalized spacial score (nSPS) is 23.3. The summed E-state index contributed by atoms with van der Waals surface area (Å²) >= 11 is 1.50. The number of primary amides is 1. The molecule has 21 heavy (non-hydrogen) atoms. The number of rotatable bonds is 5. The van der Waals surface area contributed by atoms with Crippen molar-refractivity contribution >= 4 is 23.3 Å². The van der Waals surface area contributed by atoms with Crippen LogP contribution in [0.1, 0.15) is 30.7 Å². The van der Waals surface area contributed by atoms with E-state index in [9.17, 15) is 9.59 Å². The van der Waals surface area contributed by atoms with E-state index in [0.29, 0.717) is 5.92 Å². The number of piperidine rings is 1.